The highest BCUT2D eigenvalue weighted by molar-refractivity contribution is 7.99. The number of unbranched alkanes of at least 4 members (excludes halogenated alkanes) is 9. The molecule has 2 N–H and O–H groups in total. The lowest BCUT2D eigenvalue weighted by molar-refractivity contribution is 0.159. The third-order valence-electron chi connectivity index (χ3n) is 4.90. The fourth-order valence-electron chi connectivity index (χ4n) is 3.16. The average molecular weight is 430 g/mol. The van der Waals surface area contributed by atoms with Crippen LogP contribution in [0.2, 0.25) is 0 Å². The number of hydrogen-bond donors (Lipinski definition) is 2. The van der Waals surface area contributed by atoms with Crippen molar-refractivity contribution in [2.24, 2.45) is 0 Å². The van der Waals surface area contributed by atoms with E-state index in [1.54, 1.807) is 23.9 Å². The second kappa shape index (κ2) is 14.8. The Balaban J connectivity index is 1.53. The number of nitrogens with one attached hydrogen (secondary N) is 1. The summed E-state index contributed by atoms with van der Waals surface area (Å²) in [7, 11) is 0. The van der Waals surface area contributed by atoms with Gasteiger partial charge in [0.15, 0.2) is 0 Å². The molecule has 0 aliphatic carbocycles. The first-order valence-electron chi connectivity index (χ1n) is 11.2. The van der Waals surface area contributed by atoms with E-state index in [1.165, 1.54) is 51.4 Å². The van der Waals surface area contributed by atoms with E-state index < -0.39 is 6.09 Å². The SMILES string of the molecule is CCCCCCCCCCCCOC(=O)Nc1ccc(Sc2ccc(O)cc2)cc1. The minimum atomic E-state index is -0.398. The van der Waals surface area contributed by atoms with E-state index in [0.717, 1.165) is 28.3 Å². The second-order valence-electron chi connectivity index (χ2n) is 7.56. The smallest absolute Gasteiger partial charge is 0.411 e. The summed E-state index contributed by atoms with van der Waals surface area (Å²) in [5.41, 5.74) is 0.720. The van der Waals surface area contributed by atoms with Gasteiger partial charge in [0.25, 0.3) is 0 Å². The Bertz CT molecular complexity index is 716. The lowest BCUT2D eigenvalue weighted by atomic mass is 10.1. The van der Waals surface area contributed by atoms with Crippen LogP contribution >= 0.6 is 11.8 Å². The molecule has 0 saturated heterocycles. The lowest BCUT2D eigenvalue weighted by Crippen LogP contribution is -2.14. The predicted molar refractivity (Wildman–Crippen MR) is 125 cm³/mol. The predicted octanol–water partition coefficient (Wildman–Crippen LogP) is 8.01. The zero-order valence-electron chi connectivity index (χ0n) is 18.1. The zero-order chi connectivity index (χ0) is 21.4. The van der Waals surface area contributed by atoms with Gasteiger partial charge in [0.05, 0.1) is 6.61 Å². The standard InChI is InChI=1S/C25H35NO3S/c1-2-3-4-5-6-7-8-9-10-11-20-29-25(28)26-21-12-16-23(17-13-21)30-24-18-14-22(27)15-19-24/h12-19,27H,2-11,20H2,1H3,(H,26,28). The molecule has 0 heterocycles. The summed E-state index contributed by atoms with van der Waals surface area (Å²) in [6.07, 6.45) is 12.2. The van der Waals surface area contributed by atoms with Gasteiger partial charge >= 0.3 is 6.09 Å². The van der Waals surface area contributed by atoms with E-state index in [0.29, 0.717) is 6.61 Å². The number of ether oxygens (including phenoxy) is 1. The molecule has 2 aromatic carbocycles. The van der Waals surface area contributed by atoms with Crippen molar-refractivity contribution in [3.63, 3.8) is 0 Å². The molecule has 0 saturated carbocycles. The Hall–Kier alpha value is -2.14. The third-order valence-corrected chi connectivity index (χ3v) is 5.92. The van der Waals surface area contributed by atoms with Crippen LogP contribution in [0.4, 0.5) is 10.5 Å². The number of carbonyl (C=O) groups is 1. The van der Waals surface area contributed by atoms with Gasteiger partial charge in [-0.25, -0.2) is 4.79 Å². The summed E-state index contributed by atoms with van der Waals surface area (Å²) in [5, 5.41) is 12.1. The van der Waals surface area contributed by atoms with Gasteiger partial charge in [-0.1, -0.05) is 76.5 Å². The number of carbonyl (C=O) groups excluding carboxylic acids is 1. The molecule has 0 fully saturated rings. The third kappa shape index (κ3) is 10.6. The van der Waals surface area contributed by atoms with Crippen molar-refractivity contribution in [3.05, 3.63) is 48.5 Å². The monoisotopic (exact) mass is 429 g/mol. The molecule has 2 aromatic rings. The Morgan fingerprint density at radius 1 is 0.800 bits per heavy atom. The molecular formula is C25H35NO3S. The molecule has 0 spiro atoms. The van der Waals surface area contributed by atoms with Gasteiger partial charge < -0.3 is 9.84 Å². The molecule has 0 aliphatic rings. The van der Waals surface area contributed by atoms with E-state index in [4.69, 9.17) is 4.74 Å². The zero-order valence-corrected chi connectivity index (χ0v) is 18.9. The van der Waals surface area contributed by atoms with Crippen LogP contribution in [0.25, 0.3) is 0 Å². The topological polar surface area (TPSA) is 58.6 Å². The van der Waals surface area contributed by atoms with Crippen molar-refractivity contribution in [2.45, 2.75) is 80.9 Å². The molecule has 0 radical (unpaired) electrons. The first kappa shape index (κ1) is 24.1. The van der Waals surface area contributed by atoms with Crippen molar-refractivity contribution in [2.75, 3.05) is 11.9 Å². The van der Waals surface area contributed by atoms with Gasteiger partial charge in [-0.3, -0.25) is 5.32 Å². The molecule has 5 heteroatoms. The molecular weight excluding hydrogens is 394 g/mol. The van der Waals surface area contributed by atoms with E-state index >= 15 is 0 Å². The first-order valence-corrected chi connectivity index (χ1v) is 12.0. The van der Waals surface area contributed by atoms with Crippen molar-refractivity contribution in [1.82, 2.24) is 0 Å². The van der Waals surface area contributed by atoms with Crippen LogP contribution in [-0.4, -0.2) is 17.8 Å². The Kier molecular flexibility index (Phi) is 11.9. The Labute approximate surface area is 185 Å². The van der Waals surface area contributed by atoms with Gasteiger partial charge in [-0.05, 0) is 55.0 Å². The molecule has 0 unspecified atom stereocenters. The summed E-state index contributed by atoms with van der Waals surface area (Å²) in [5.74, 6) is 0.259. The maximum absolute atomic E-state index is 11.9. The summed E-state index contributed by atoms with van der Waals surface area (Å²) >= 11 is 1.60. The van der Waals surface area contributed by atoms with Crippen molar-refractivity contribution < 1.29 is 14.6 Å². The van der Waals surface area contributed by atoms with Crippen molar-refractivity contribution in [3.8, 4) is 5.75 Å². The molecule has 2 rings (SSSR count). The number of rotatable bonds is 14. The highest BCUT2D eigenvalue weighted by atomic mass is 32.2. The first-order chi connectivity index (χ1) is 14.7. The van der Waals surface area contributed by atoms with Gasteiger partial charge in [-0.15, -0.1) is 0 Å². The number of hydrogen-bond acceptors (Lipinski definition) is 4. The number of benzene rings is 2. The Morgan fingerprint density at radius 3 is 1.87 bits per heavy atom. The normalized spacial score (nSPS) is 10.7. The van der Waals surface area contributed by atoms with Crippen molar-refractivity contribution in [1.29, 1.82) is 0 Å². The average Bonchev–Trinajstić information content (AvgIpc) is 2.75. The van der Waals surface area contributed by atoms with Crippen LogP contribution in [0.5, 0.6) is 5.75 Å². The summed E-state index contributed by atoms with van der Waals surface area (Å²) in [6.45, 7) is 2.72. The van der Waals surface area contributed by atoms with Gasteiger partial charge in [0, 0.05) is 15.5 Å². The van der Waals surface area contributed by atoms with Crippen LogP contribution in [0.1, 0.15) is 71.1 Å². The fraction of sp³-hybridized carbons (Fsp3) is 0.480. The lowest BCUT2D eigenvalue weighted by Gasteiger charge is -2.08. The highest BCUT2D eigenvalue weighted by Crippen LogP contribution is 2.29. The number of aromatic hydroxyl groups is 1. The molecule has 0 atom stereocenters. The largest absolute Gasteiger partial charge is 0.508 e. The summed E-state index contributed by atoms with van der Waals surface area (Å²) in [4.78, 5) is 14.0. The minimum absolute atomic E-state index is 0.259. The molecule has 4 nitrogen and oxygen atoms in total. The summed E-state index contributed by atoms with van der Waals surface area (Å²) < 4.78 is 5.28. The van der Waals surface area contributed by atoms with E-state index in [1.807, 2.05) is 36.4 Å². The Morgan fingerprint density at radius 2 is 1.30 bits per heavy atom. The number of phenolic OH excluding ortho intramolecular Hbond substituents is 1. The minimum Gasteiger partial charge on any atom is -0.508 e. The molecule has 0 bridgehead atoms. The number of amides is 1. The van der Waals surface area contributed by atoms with E-state index in [-0.39, 0.29) is 5.75 Å². The van der Waals surface area contributed by atoms with Crippen LogP contribution in [0, 0.1) is 0 Å². The summed E-state index contributed by atoms with van der Waals surface area (Å²) in [6, 6.07) is 14.7. The molecule has 1 amide bonds. The molecule has 30 heavy (non-hydrogen) atoms. The number of anilines is 1. The van der Waals surface area contributed by atoms with E-state index in [9.17, 15) is 9.90 Å². The maximum Gasteiger partial charge on any atom is 0.411 e. The fourth-order valence-corrected chi connectivity index (χ4v) is 3.98. The van der Waals surface area contributed by atoms with Gasteiger partial charge in [0.2, 0.25) is 0 Å². The number of phenols is 1. The van der Waals surface area contributed by atoms with Crippen LogP contribution in [-0.2, 0) is 4.74 Å². The molecule has 0 aromatic heterocycles. The molecule has 0 aliphatic heterocycles. The maximum atomic E-state index is 11.9. The van der Waals surface area contributed by atoms with Crippen LogP contribution < -0.4 is 5.32 Å². The van der Waals surface area contributed by atoms with Gasteiger partial charge in [-0.2, -0.15) is 0 Å². The quantitative estimate of drug-likeness (QED) is 0.299. The van der Waals surface area contributed by atoms with Gasteiger partial charge in [0.1, 0.15) is 5.75 Å². The van der Waals surface area contributed by atoms with Crippen LogP contribution in [0.15, 0.2) is 58.3 Å². The molecule has 164 valence electrons. The van der Waals surface area contributed by atoms with Crippen molar-refractivity contribution >= 4 is 23.5 Å². The van der Waals surface area contributed by atoms with Crippen LogP contribution in [0.3, 0.4) is 0 Å². The highest BCUT2D eigenvalue weighted by Gasteiger charge is 2.04. The van der Waals surface area contributed by atoms with E-state index in [2.05, 4.69) is 12.2 Å². The second-order valence-corrected chi connectivity index (χ2v) is 8.71.